The Morgan fingerprint density at radius 3 is 3.08 bits per heavy atom. The van der Waals surface area contributed by atoms with Gasteiger partial charge in [-0.2, -0.15) is 0 Å². The Labute approximate surface area is 69.4 Å². The van der Waals surface area contributed by atoms with E-state index in [0.29, 0.717) is 5.56 Å². The molecule has 0 atom stereocenters. The van der Waals surface area contributed by atoms with Gasteiger partial charge in [-0.15, -0.1) is 0 Å². The maximum absolute atomic E-state index is 10.4. The van der Waals surface area contributed by atoms with Crippen LogP contribution in [-0.4, -0.2) is 16.3 Å². The zero-order valence-corrected chi connectivity index (χ0v) is 6.66. The topological polar surface area (TPSA) is 45.8 Å². The van der Waals surface area contributed by atoms with E-state index in [2.05, 4.69) is 9.97 Å². The Morgan fingerprint density at radius 2 is 2.33 bits per heavy atom. The number of aryl methyl sites for hydroxylation is 1. The van der Waals surface area contributed by atoms with Crippen LogP contribution < -0.4 is 0 Å². The van der Waals surface area contributed by atoms with E-state index in [1.54, 1.807) is 12.1 Å². The molecular formula is C9H8N2O. The van der Waals surface area contributed by atoms with Crippen molar-refractivity contribution in [1.29, 1.82) is 0 Å². The number of imidazole rings is 1. The number of H-pyrrole nitrogens is 1. The molecule has 0 aliphatic heterocycles. The molecule has 1 aromatic carbocycles. The fourth-order valence-electron chi connectivity index (χ4n) is 1.23. The summed E-state index contributed by atoms with van der Waals surface area (Å²) in [4.78, 5) is 17.7. The average molecular weight is 160 g/mol. The number of hydrogen-bond acceptors (Lipinski definition) is 2. The van der Waals surface area contributed by atoms with Crippen molar-refractivity contribution in [3.63, 3.8) is 0 Å². The number of rotatable bonds is 1. The van der Waals surface area contributed by atoms with Crippen molar-refractivity contribution in [3.05, 3.63) is 29.6 Å². The Hall–Kier alpha value is -1.64. The molecule has 1 N–H and O–H groups in total. The lowest BCUT2D eigenvalue weighted by molar-refractivity contribution is 0.112. The number of carbonyl (C=O) groups is 1. The van der Waals surface area contributed by atoms with Crippen LogP contribution in [0.25, 0.3) is 11.0 Å². The van der Waals surface area contributed by atoms with Gasteiger partial charge in [-0.25, -0.2) is 4.98 Å². The van der Waals surface area contributed by atoms with Gasteiger partial charge in [0.2, 0.25) is 0 Å². The van der Waals surface area contributed by atoms with Crippen LogP contribution in [0.2, 0.25) is 0 Å². The van der Waals surface area contributed by atoms with Crippen LogP contribution in [-0.2, 0) is 0 Å². The smallest absolute Gasteiger partial charge is 0.150 e. The maximum atomic E-state index is 10.4. The molecule has 12 heavy (non-hydrogen) atoms. The maximum Gasteiger partial charge on any atom is 0.150 e. The fourth-order valence-corrected chi connectivity index (χ4v) is 1.23. The highest BCUT2D eigenvalue weighted by Crippen LogP contribution is 2.11. The second kappa shape index (κ2) is 2.44. The largest absolute Gasteiger partial charge is 0.342 e. The van der Waals surface area contributed by atoms with Crippen molar-refractivity contribution in [3.8, 4) is 0 Å². The summed E-state index contributed by atoms with van der Waals surface area (Å²) in [7, 11) is 0. The minimum Gasteiger partial charge on any atom is -0.342 e. The highest BCUT2D eigenvalue weighted by molar-refractivity contribution is 5.84. The second-order valence-corrected chi connectivity index (χ2v) is 2.72. The summed E-state index contributed by atoms with van der Waals surface area (Å²) in [5.74, 6) is 0.869. The van der Waals surface area contributed by atoms with Gasteiger partial charge in [-0.05, 0) is 25.1 Å². The lowest BCUT2D eigenvalue weighted by atomic mass is 10.2. The summed E-state index contributed by atoms with van der Waals surface area (Å²) in [5, 5.41) is 0. The molecule has 60 valence electrons. The lowest BCUT2D eigenvalue weighted by Gasteiger charge is -1.88. The summed E-state index contributed by atoms with van der Waals surface area (Å²) in [6.45, 7) is 1.89. The molecule has 0 aliphatic carbocycles. The van der Waals surface area contributed by atoms with E-state index < -0.39 is 0 Å². The zero-order valence-electron chi connectivity index (χ0n) is 6.66. The van der Waals surface area contributed by atoms with Gasteiger partial charge in [-0.3, -0.25) is 4.79 Å². The molecule has 0 amide bonds. The van der Waals surface area contributed by atoms with E-state index in [1.165, 1.54) is 0 Å². The molecule has 1 aromatic heterocycles. The first-order valence-electron chi connectivity index (χ1n) is 3.71. The van der Waals surface area contributed by atoms with E-state index in [9.17, 15) is 4.79 Å². The molecule has 0 saturated carbocycles. The standard InChI is InChI=1S/C9H8N2O/c1-6-10-8-3-2-7(5-12)4-9(8)11-6/h2-5H,1H3,(H,10,11). The van der Waals surface area contributed by atoms with Crippen molar-refractivity contribution in [2.45, 2.75) is 6.92 Å². The molecule has 3 heteroatoms. The molecule has 0 saturated heterocycles. The summed E-state index contributed by atoms with van der Waals surface area (Å²) in [6.07, 6.45) is 0.829. The Bertz CT molecular complexity index is 431. The van der Waals surface area contributed by atoms with Crippen LogP contribution in [0.15, 0.2) is 18.2 Å². The normalized spacial score (nSPS) is 10.4. The summed E-state index contributed by atoms with van der Waals surface area (Å²) >= 11 is 0. The number of fused-ring (bicyclic) bond motifs is 1. The van der Waals surface area contributed by atoms with Crippen LogP contribution in [0, 0.1) is 6.92 Å². The molecule has 0 unspecified atom stereocenters. The Kier molecular flexibility index (Phi) is 1.43. The number of nitrogens with zero attached hydrogens (tertiary/aromatic N) is 1. The van der Waals surface area contributed by atoms with E-state index in [4.69, 9.17) is 0 Å². The summed E-state index contributed by atoms with van der Waals surface area (Å²) in [6, 6.07) is 5.39. The molecule has 2 aromatic rings. The van der Waals surface area contributed by atoms with Crippen molar-refractivity contribution in [2.24, 2.45) is 0 Å². The molecule has 2 rings (SSSR count). The first kappa shape index (κ1) is 7.03. The van der Waals surface area contributed by atoms with Crippen LogP contribution in [0.5, 0.6) is 0 Å². The Balaban J connectivity index is 2.74. The number of nitrogens with one attached hydrogen (secondary N) is 1. The zero-order chi connectivity index (χ0) is 8.55. The molecule has 0 bridgehead atoms. The minimum absolute atomic E-state index is 0.672. The van der Waals surface area contributed by atoms with Gasteiger partial charge in [0, 0.05) is 5.56 Å². The third kappa shape index (κ3) is 0.993. The monoisotopic (exact) mass is 160 g/mol. The third-order valence-electron chi connectivity index (χ3n) is 1.76. The lowest BCUT2D eigenvalue weighted by Crippen LogP contribution is -1.77. The molecular weight excluding hydrogens is 152 g/mol. The van der Waals surface area contributed by atoms with Gasteiger partial charge < -0.3 is 4.98 Å². The van der Waals surface area contributed by atoms with Crippen molar-refractivity contribution in [2.75, 3.05) is 0 Å². The number of aromatic nitrogens is 2. The Morgan fingerprint density at radius 1 is 1.50 bits per heavy atom. The van der Waals surface area contributed by atoms with E-state index in [-0.39, 0.29) is 0 Å². The molecule has 3 nitrogen and oxygen atoms in total. The quantitative estimate of drug-likeness (QED) is 0.645. The number of hydrogen-bond donors (Lipinski definition) is 1. The molecule has 0 spiro atoms. The predicted octanol–water partition coefficient (Wildman–Crippen LogP) is 1.68. The molecule has 0 radical (unpaired) electrons. The molecule has 1 heterocycles. The third-order valence-corrected chi connectivity index (χ3v) is 1.76. The minimum atomic E-state index is 0.672. The summed E-state index contributed by atoms with van der Waals surface area (Å²) in [5.41, 5.74) is 2.49. The van der Waals surface area contributed by atoms with E-state index in [1.807, 2.05) is 13.0 Å². The average Bonchev–Trinajstić information content (AvgIpc) is 2.43. The first-order chi connectivity index (χ1) is 5.79. The highest BCUT2D eigenvalue weighted by Gasteiger charge is 1.98. The summed E-state index contributed by atoms with van der Waals surface area (Å²) < 4.78 is 0. The van der Waals surface area contributed by atoms with E-state index >= 15 is 0 Å². The number of benzene rings is 1. The van der Waals surface area contributed by atoms with E-state index in [0.717, 1.165) is 23.1 Å². The van der Waals surface area contributed by atoms with Gasteiger partial charge in [0.05, 0.1) is 11.0 Å². The fraction of sp³-hybridized carbons (Fsp3) is 0.111. The van der Waals surface area contributed by atoms with Crippen molar-refractivity contribution >= 4 is 17.3 Å². The van der Waals surface area contributed by atoms with Crippen molar-refractivity contribution < 1.29 is 4.79 Å². The number of aromatic amines is 1. The SMILES string of the molecule is Cc1nc2ccc(C=O)cc2[nH]1. The van der Waals surface area contributed by atoms with Crippen LogP contribution >= 0.6 is 0 Å². The van der Waals surface area contributed by atoms with Gasteiger partial charge in [-0.1, -0.05) is 0 Å². The van der Waals surface area contributed by atoms with Gasteiger partial charge in [0.1, 0.15) is 12.1 Å². The van der Waals surface area contributed by atoms with Crippen LogP contribution in [0.1, 0.15) is 16.2 Å². The van der Waals surface area contributed by atoms with Crippen molar-refractivity contribution in [1.82, 2.24) is 9.97 Å². The number of aldehydes is 1. The molecule has 0 aliphatic rings. The predicted molar refractivity (Wildman–Crippen MR) is 46.2 cm³/mol. The number of carbonyl (C=O) groups excluding carboxylic acids is 1. The highest BCUT2D eigenvalue weighted by atomic mass is 16.1. The van der Waals surface area contributed by atoms with Crippen LogP contribution in [0.4, 0.5) is 0 Å². The van der Waals surface area contributed by atoms with Gasteiger partial charge in [0.25, 0.3) is 0 Å². The van der Waals surface area contributed by atoms with Crippen LogP contribution in [0.3, 0.4) is 0 Å². The first-order valence-corrected chi connectivity index (χ1v) is 3.71. The van der Waals surface area contributed by atoms with Gasteiger partial charge >= 0.3 is 0 Å². The van der Waals surface area contributed by atoms with Gasteiger partial charge in [0.15, 0.2) is 0 Å². The second-order valence-electron chi connectivity index (χ2n) is 2.72. The molecule has 0 fully saturated rings.